The van der Waals surface area contributed by atoms with Gasteiger partial charge in [-0.3, -0.25) is 4.79 Å². The van der Waals surface area contributed by atoms with Gasteiger partial charge in [-0.05, 0) is 37.0 Å². The van der Waals surface area contributed by atoms with Gasteiger partial charge >= 0.3 is 0 Å². The molecule has 1 aliphatic rings. The number of anilines is 2. The minimum atomic E-state index is 0.0860. The lowest BCUT2D eigenvalue weighted by Gasteiger charge is -2.21. The molecule has 104 valence electrons. The van der Waals surface area contributed by atoms with Crippen LogP contribution in [0.15, 0.2) is 18.2 Å². The number of hydrogen-bond acceptors (Lipinski definition) is 2. The van der Waals surface area contributed by atoms with E-state index in [-0.39, 0.29) is 5.91 Å². The monoisotopic (exact) mass is 260 g/mol. The van der Waals surface area contributed by atoms with Crippen molar-refractivity contribution in [2.45, 2.75) is 51.9 Å². The van der Waals surface area contributed by atoms with Crippen molar-refractivity contribution in [3.8, 4) is 0 Å². The molecule has 3 nitrogen and oxygen atoms in total. The van der Waals surface area contributed by atoms with Crippen molar-refractivity contribution in [1.82, 2.24) is 0 Å². The Labute approximate surface area is 115 Å². The third-order valence-corrected chi connectivity index (χ3v) is 3.99. The van der Waals surface area contributed by atoms with E-state index in [0.717, 1.165) is 23.6 Å². The first-order chi connectivity index (χ1) is 9.15. The minimum absolute atomic E-state index is 0.0860. The zero-order valence-corrected chi connectivity index (χ0v) is 11.7. The third-order valence-electron chi connectivity index (χ3n) is 3.99. The predicted octanol–water partition coefficient (Wildman–Crippen LogP) is 3.88. The van der Waals surface area contributed by atoms with Gasteiger partial charge in [0.1, 0.15) is 0 Å². The molecule has 0 aliphatic heterocycles. The summed E-state index contributed by atoms with van der Waals surface area (Å²) in [6.45, 7) is 2.00. The lowest BCUT2D eigenvalue weighted by atomic mass is 9.86. The van der Waals surface area contributed by atoms with E-state index in [0.29, 0.717) is 12.1 Å². The van der Waals surface area contributed by atoms with E-state index in [1.165, 1.54) is 32.1 Å². The van der Waals surface area contributed by atoms with Gasteiger partial charge in [0.15, 0.2) is 0 Å². The van der Waals surface area contributed by atoms with Crippen molar-refractivity contribution < 1.29 is 4.79 Å². The SMILES string of the molecule is Cc1ccc(N)c(NC(=O)CCC2CCCCC2)c1. The summed E-state index contributed by atoms with van der Waals surface area (Å²) >= 11 is 0. The van der Waals surface area contributed by atoms with Gasteiger partial charge in [-0.2, -0.15) is 0 Å². The largest absolute Gasteiger partial charge is 0.397 e. The summed E-state index contributed by atoms with van der Waals surface area (Å²) in [5.41, 5.74) is 8.35. The number of carbonyl (C=O) groups excluding carboxylic acids is 1. The Kier molecular flexibility index (Phi) is 4.83. The number of hydrogen-bond donors (Lipinski definition) is 2. The summed E-state index contributed by atoms with van der Waals surface area (Å²) in [6.07, 6.45) is 8.23. The van der Waals surface area contributed by atoms with E-state index in [1.54, 1.807) is 0 Å². The van der Waals surface area contributed by atoms with Crippen LogP contribution in [-0.2, 0) is 4.79 Å². The number of benzene rings is 1. The highest BCUT2D eigenvalue weighted by Crippen LogP contribution is 2.27. The van der Waals surface area contributed by atoms with E-state index < -0.39 is 0 Å². The zero-order valence-electron chi connectivity index (χ0n) is 11.7. The maximum atomic E-state index is 12.0. The second-order valence-electron chi connectivity index (χ2n) is 5.68. The second-order valence-corrected chi connectivity index (χ2v) is 5.68. The van der Waals surface area contributed by atoms with Gasteiger partial charge < -0.3 is 11.1 Å². The predicted molar refractivity (Wildman–Crippen MR) is 80.0 cm³/mol. The van der Waals surface area contributed by atoms with Gasteiger partial charge in [-0.1, -0.05) is 38.2 Å². The van der Waals surface area contributed by atoms with Crippen molar-refractivity contribution in [3.63, 3.8) is 0 Å². The van der Waals surface area contributed by atoms with Gasteiger partial charge in [0.05, 0.1) is 11.4 Å². The van der Waals surface area contributed by atoms with Gasteiger partial charge in [0.2, 0.25) is 5.91 Å². The summed E-state index contributed by atoms with van der Waals surface area (Å²) in [7, 11) is 0. The number of amides is 1. The number of nitrogens with two attached hydrogens (primary N) is 1. The van der Waals surface area contributed by atoms with Crippen LogP contribution < -0.4 is 11.1 Å². The topological polar surface area (TPSA) is 55.1 Å². The third kappa shape index (κ3) is 4.27. The Bertz CT molecular complexity index is 436. The summed E-state index contributed by atoms with van der Waals surface area (Å²) < 4.78 is 0. The molecule has 0 atom stereocenters. The maximum absolute atomic E-state index is 12.0. The fourth-order valence-electron chi connectivity index (χ4n) is 2.80. The molecule has 1 aromatic carbocycles. The lowest BCUT2D eigenvalue weighted by molar-refractivity contribution is -0.116. The Morgan fingerprint density at radius 1 is 1.32 bits per heavy atom. The molecule has 3 heteroatoms. The maximum Gasteiger partial charge on any atom is 0.224 e. The molecule has 1 aliphatic carbocycles. The van der Waals surface area contributed by atoms with Crippen LogP contribution >= 0.6 is 0 Å². The van der Waals surface area contributed by atoms with Crippen LogP contribution in [0.3, 0.4) is 0 Å². The van der Waals surface area contributed by atoms with Gasteiger partial charge in [0, 0.05) is 6.42 Å². The first-order valence-corrected chi connectivity index (χ1v) is 7.31. The molecule has 1 saturated carbocycles. The van der Waals surface area contributed by atoms with Crippen molar-refractivity contribution in [3.05, 3.63) is 23.8 Å². The van der Waals surface area contributed by atoms with Crippen LogP contribution in [0.4, 0.5) is 11.4 Å². The molecular formula is C16H24N2O. The normalized spacial score (nSPS) is 16.3. The molecule has 1 fully saturated rings. The Morgan fingerprint density at radius 3 is 2.79 bits per heavy atom. The number of nitrogens with one attached hydrogen (secondary N) is 1. The van der Waals surface area contributed by atoms with Crippen LogP contribution in [0.1, 0.15) is 50.5 Å². The molecule has 0 spiro atoms. The van der Waals surface area contributed by atoms with E-state index in [1.807, 2.05) is 25.1 Å². The highest BCUT2D eigenvalue weighted by Gasteiger charge is 2.15. The van der Waals surface area contributed by atoms with Crippen LogP contribution in [0.2, 0.25) is 0 Å². The first-order valence-electron chi connectivity index (χ1n) is 7.31. The molecule has 0 radical (unpaired) electrons. The molecule has 1 aromatic rings. The Balaban J connectivity index is 1.81. The lowest BCUT2D eigenvalue weighted by Crippen LogP contribution is -2.15. The first kappa shape index (κ1) is 13.9. The molecule has 2 rings (SSSR count). The smallest absolute Gasteiger partial charge is 0.224 e. The molecule has 3 N–H and O–H groups in total. The Morgan fingerprint density at radius 2 is 2.05 bits per heavy atom. The molecule has 19 heavy (non-hydrogen) atoms. The standard InChI is InChI=1S/C16H24N2O/c1-12-7-9-14(17)15(11-12)18-16(19)10-8-13-5-3-2-4-6-13/h7,9,11,13H,2-6,8,10,17H2,1H3,(H,18,19). The fourth-order valence-corrected chi connectivity index (χ4v) is 2.80. The molecular weight excluding hydrogens is 236 g/mol. The van der Waals surface area contributed by atoms with Crippen molar-refractivity contribution in [2.24, 2.45) is 5.92 Å². The summed E-state index contributed by atoms with van der Waals surface area (Å²) in [4.78, 5) is 12.0. The minimum Gasteiger partial charge on any atom is -0.397 e. The van der Waals surface area contributed by atoms with E-state index in [4.69, 9.17) is 5.73 Å². The average molecular weight is 260 g/mol. The highest BCUT2D eigenvalue weighted by atomic mass is 16.1. The van der Waals surface area contributed by atoms with E-state index in [2.05, 4.69) is 5.32 Å². The van der Waals surface area contributed by atoms with Crippen molar-refractivity contribution >= 4 is 17.3 Å². The quantitative estimate of drug-likeness (QED) is 0.807. The van der Waals surface area contributed by atoms with Gasteiger partial charge in [-0.15, -0.1) is 0 Å². The summed E-state index contributed by atoms with van der Waals surface area (Å²) in [5.74, 6) is 0.831. The molecule has 0 bridgehead atoms. The van der Waals surface area contributed by atoms with Crippen LogP contribution in [0.25, 0.3) is 0 Å². The van der Waals surface area contributed by atoms with Gasteiger partial charge in [0.25, 0.3) is 0 Å². The van der Waals surface area contributed by atoms with Crippen molar-refractivity contribution in [2.75, 3.05) is 11.1 Å². The van der Waals surface area contributed by atoms with Crippen LogP contribution in [0, 0.1) is 12.8 Å². The molecule has 0 unspecified atom stereocenters. The zero-order chi connectivity index (χ0) is 13.7. The average Bonchev–Trinajstić information content (AvgIpc) is 2.42. The van der Waals surface area contributed by atoms with Gasteiger partial charge in [-0.25, -0.2) is 0 Å². The number of rotatable bonds is 4. The second kappa shape index (κ2) is 6.60. The fraction of sp³-hybridized carbons (Fsp3) is 0.562. The van der Waals surface area contributed by atoms with E-state index >= 15 is 0 Å². The molecule has 0 aromatic heterocycles. The number of aryl methyl sites for hydroxylation is 1. The molecule has 1 amide bonds. The summed E-state index contributed by atoms with van der Waals surface area (Å²) in [5, 5.41) is 2.93. The molecule has 0 saturated heterocycles. The van der Waals surface area contributed by atoms with Crippen LogP contribution in [0.5, 0.6) is 0 Å². The van der Waals surface area contributed by atoms with Crippen LogP contribution in [-0.4, -0.2) is 5.91 Å². The number of carbonyl (C=O) groups is 1. The highest BCUT2D eigenvalue weighted by molar-refractivity contribution is 5.93. The molecule has 0 heterocycles. The number of nitrogen functional groups attached to an aromatic ring is 1. The Hall–Kier alpha value is -1.51. The summed E-state index contributed by atoms with van der Waals surface area (Å²) in [6, 6.07) is 5.72. The van der Waals surface area contributed by atoms with E-state index in [9.17, 15) is 4.79 Å². The van der Waals surface area contributed by atoms with Crippen molar-refractivity contribution in [1.29, 1.82) is 0 Å².